The van der Waals surface area contributed by atoms with E-state index in [4.69, 9.17) is 14.2 Å². The molecule has 0 aliphatic rings. The van der Waals surface area contributed by atoms with E-state index in [-0.39, 0.29) is 16.7 Å². The highest BCUT2D eigenvalue weighted by Gasteiger charge is 2.29. The summed E-state index contributed by atoms with van der Waals surface area (Å²) in [6.07, 6.45) is -2.05. The number of hydrogen-bond acceptors (Lipinski definition) is 10. The van der Waals surface area contributed by atoms with Gasteiger partial charge in [-0.1, -0.05) is 0 Å². The van der Waals surface area contributed by atoms with Gasteiger partial charge in [0.25, 0.3) is 0 Å². The van der Waals surface area contributed by atoms with Crippen LogP contribution in [0.4, 0.5) is 0 Å². The van der Waals surface area contributed by atoms with Crippen molar-refractivity contribution in [3.8, 4) is 40.2 Å². The summed E-state index contributed by atoms with van der Waals surface area (Å²) in [7, 11) is 2.83. The van der Waals surface area contributed by atoms with Gasteiger partial charge in [0.1, 0.15) is 28.7 Å². The van der Waals surface area contributed by atoms with Crippen molar-refractivity contribution < 1.29 is 49.3 Å². The van der Waals surface area contributed by atoms with Crippen LogP contribution in [0.1, 0.15) is 31.8 Å². The second-order valence-corrected chi connectivity index (χ2v) is 7.63. The van der Waals surface area contributed by atoms with Crippen LogP contribution in [0.15, 0.2) is 42.5 Å². The highest BCUT2D eigenvalue weighted by molar-refractivity contribution is 6.02. The Labute approximate surface area is 200 Å². The number of rotatable bonds is 8. The van der Waals surface area contributed by atoms with E-state index in [2.05, 4.69) is 0 Å². The Kier molecular flexibility index (Phi) is 7.24. The van der Waals surface area contributed by atoms with Crippen molar-refractivity contribution in [1.29, 1.82) is 0 Å². The molecule has 0 saturated heterocycles. The minimum absolute atomic E-state index is 0.00908. The number of phenolic OH excluding ortho intramolecular Hbond substituents is 5. The summed E-state index contributed by atoms with van der Waals surface area (Å²) in [5, 5.41) is 49.3. The van der Waals surface area contributed by atoms with E-state index in [0.29, 0.717) is 17.1 Å². The molecule has 0 aromatic heterocycles. The van der Waals surface area contributed by atoms with E-state index < -0.39 is 53.0 Å². The monoisotopic (exact) mass is 484 g/mol. The number of phenols is 5. The number of hydrogen-bond donors (Lipinski definition) is 5. The van der Waals surface area contributed by atoms with E-state index in [0.717, 1.165) is 24.3 Å². The molecule has 0 unspecified atom stereocenters. The highest BCUT2D eigenvalue weighted by Crippen LogP contribution is 2.35. The minimum Gasteiger partial charge on any atom is -0.508 e. The summed E-state index contributed by atoms with van der Waals surface area (Å²) in [6.45, 7) is 1.73. The van der Waals surface area contributed by atoms with Crippen LogP contribution in [0.5, 0.6) is 40.2 Å². The van der Waals surface area contributed by atoms with Gasteiger partial charge in [-0.2, -0.15) is 0 Å². The third-order valence-electron chi connectivity index (χ3n) is 5.37. The zero-order valence-corrected chi connectivity index (χ0v) is 19.1. The van der Waals surface area contributed by atoms with Crippen molar-refractivity contribution in [2.45, 2.75) is 19.4 Å². The molecule has 184 valence electrons. The number of ether oxygens (including phenoxy) is 3. The second-order valence-electron chi connectivity index (χ2n) is 7.63. The Bertz CT molecular complexity index is 1230. The van der Waals surface area contributed by atoms with Crippen LogP contribution >= 0.6 is 0 Å². The van der Waals surface area contributed by atoms with Crippen molar-refractivity contribution in [2.75, 3.05) is 14.2 Å². The van der Waals surface area contributed by atoms with Crippen molar-refractivity contribution in [3.63, 3.8) is 0 Å². The molecule has 0 spiro atoms. The van der Waals surface area contributed by atoms with Crippen LogP contribution in [0, 0.1) is 6.92 Å². The molecule has 0 heterocycles. The molecule has 10 heteroatoms. The first-order valence-electron chi connectivity index (χ1n) is 10.3. The van der Waals surface area contributed by atoms with Gasteiger partial charge in [-0.05, 0) is 37.3 Å². The Hall–Kier alpha value is -4.60. The number of ketones is 1. The van der Waals surface area contributed by atoms with Gasteiger partial charge in [-0.15, -0.1) is 0 Å². The summed E-state index contributed by atoms with van der Waals surface area (Å²) < 4.78 is 16.0. The van der Waals surface area contributed by atoms with E-state index >= 15 is 0 Å². The maximum atomic E-state index is 13.2. The van der Waals surface area contributed by atoms with Gasteiger partial charge in [0.05, 0.1) is 19.8 Å². The molecular weight excluding hydrogens is 460 g/mol. The first-order chi connectivity index (χ1) is 16.5. The van der Waals surface area contributed by atoms with E-state index in [1.165, 1.54) is 32.4 Å². The fraction of sp³-hybridized carbons (Fsp3) is 0.200. The average Bonchev–Trinajstić information content (AvgIpc) is 2.81. The van der Waals surface area contributed by atoms with Crippen LogP contribution in [0.25, 0.3) is 0 Å². The van der Waals surface area contributed by atoms with Crippen LogP contribution in [-0.2, 0) is 11.2 Å². The van der Waals surface area contributed by atoms with Crippen LogP contribution in [0.3, 0.4) is 0 Å². The van der Waals surface area contributed by atoms with Gasteiger partial charge in [0.15, 0.2) is 17.6 Å². The van der Waals surface area contributed by atoms with Gasteiger partial charge in [0.2, 0.25) is 5.78 Å². The molecule has 0 radical (unpaired) electrons. The van der Waals surface area contributed by atoms with Gasteiger partial charge in [0, 0.05) is 35.2 Å². The fourth-order valence-electron chi connectivity index (χ4n) is 3.47. The quantitative estimate of drug-likeness (QED) is 0.182. The minimum atomic E-state index is -1.58. The SMILES string of the molecule is COc1cc(C(=O)O[C@H](Cc2c(O)cc(O)cc2O)C(=O)c2ccc(O)c(O)c2)cc(OC)c1C. The largest absolute Gasteiger partial charge is 0.508 e. The predicted octanol–water partition coefficient (Wildman–Crippen LogP) is 3.19. The molecule has 0 amide bonds. The molecule has 35 heavy (non-hydrogen) atoms. The maximum Gasteiger partial charge on any atom is 0.339 e. The topological polar surface area (TPSA) is 163 Å². The molecule has 10 nitrogen and oxygen atoms in total. The summed E-state index contributed by atoms with van der Waals surface area (Å²) in [4.78, 5) is 26.3. The standard InChI is InChI=1S/C25H24O10/c1-12-21(33-2)7-14(8-22(12)34-3)25(32)35-23(11-16-18(28)9-15(26)10-19(16)29)24(31)13-4-5-17(27)20(30)6-13/h4-10,23,26-30H,11H2,1-3H3/t23-/m1/s1. The third-order valence-corrected chi connectivity index (χ3v) is 5.37. The zero-order chi connectivity index (χ0) is 25.9. The van der Waals surface area contributed by atoms with Crippen LogP contribution in [-0.4, -0.2) is 57.6 Å². The van der Waals surface area contributed by atoms with Gasteiger partial charge >= 0.3 is 5.97 Å². The average molecular weight is 484 g/mol. The number of carbonyl (C=O) groups excluding carboxylic acids is 2. The van der Waals surface area contributed by atoms with E-state index in [1.54, 1.807) is 6.92 Å². The summed E-state index contributed by atoms with van der Waals surface area (Å²) in [6, 6.07) is 8.03. The van der Waals surface area contributed by atoms with Crippen molar-refractivity contribution in [3.05, 3.63) is 64.7 Å². The Morgan fingerprint density at radius 2 is 1.34 bits per heavy atom. The van der Waals surface area contributed by atoms with Crippen LogP contribution < -0.4 is 9.47 Å². The number of Topliss-reactive ketones (excluding diaryl/α,β-unsaturated/α-hetero) is 1. The highest BCUT2D eigenvalue weighted by atomic mass is 16.5. The molecule has 0 aliphatic carbocycles. The van der Waals surface area contributed by atoms with E-state index in [9.17, 15) is 35.1 Å². The third kappa shape index (κ3) is 5.32. The normalized spacial score (nSPS) is 11.5. The van der Waals surface area contributed by atoms with Crippen molar-refractivity contribution in [2.24, 2.45) is 0 Å². The Balaban J connectivity index is 2.02. The molecule has 0 bridgehead atoms. The first kappa shape index (κ1) is 25.0. The maximum absolute atomic E-state index is 13.2. The van der Waals surface area contributed by atoms with Gasteiger partial charge < -0.3 is 39.7 Å². The zero-order valence-electron chi connectivity index (χ0n) is 19.1. The second kappa shape index (κ2) is 10.1. The van der Waals surface area contributed by atoms with Crippen molar-refractivity contribution >= 4 is 11.8 Å². The molecule has 5 N–H and O–H groups in total. The lowest BCUT2D eigenvalue weighted by Gasteiger charge is -2.19. The number of carbonyl (C=O) groups is 2. The molecule has 3 aromatic carbocycles. The summed E-state index contributed by atoms with van der Waals surface area (Å²) in [5.41, 5.74) is 0.387. The Morgan fingerprint density at radius 3 is 1.86 bits per heavy atom. The summed E-state index contributed by atoms with van der Waals surface area (Å²) >= 11 is 0. The predicted molar refractivity (Wildman–Crippen MR) is 123 cm³/mol. The molecule has 1 atom stereocenters. The molecular formula is C25H24O10. The number of aromatic hydroxyl groups is 5. The van der Waals surface area contributed by atoms with Crippen LogP contribution in [0.2, 0.25) is 0 Å². The lowest BCUT2D eigenvalue weighted by molar-refractivity contribution is 0.0282. The van der Waals surface area contributed by atoms with Crippen molar-refractivity contribution in [1.82, 2.24) is 0 Å². The number of esters is 1. The van der Waals surface area contributed by atoms with Gasteiger partial charge in [-0.25, -0.2) is 4.79 Å². The number of methoxy groups -OCH3 is 2. The fourth-order valence-corrected chi connectivity index (χ4v) is 3.47. The molecule has 0 fully saturated rings. The van der Waals surface area contributed by atoms with E-state index in [1.807, 2.05) is 0 Å². The number of benzene rings is 3. The molecule has 3 aromatic rings. The molecule has 0 aliphatic heterocycles. The smallest absolute Gasteiger partial charge is 0.339 e. The van der Waals surface area contributed by atoms with Gasteiger partial charge in [-0.3, -0.25) is 4.79 Å². The summed E-state index contributed by atoms with van der Waals surface area (Å²) in [5.74, 6) is -3.51. The first-order valence-corrected chi connectivity index (χ1v) is 10.3. The molecule has 0 saturated carbocycles. The lowest BCUT2D eigenvalue weighted by atomic mass is 9.98. The Morgan fingerprint density at radius 1 is 0.771 bits per heavy atom. The molecule has 3 rings (SSSR count). The lowest BCUT2D eigenvalue weighted by Crippen LogP contribution is -2.30.